The molecular formula is C10H16O3. The molecule has 74 valence electrons. The summed E-state index contributed by atoms with van der Waals surface area (Å²) in [4.78, 5) is 11.1. The second-order valence-electron chi connectivity index (χ2n) is 3.61. The molecule has 3 heteroatoms. The monoisotopic (exact) mass is 184 g/mol. The van der Waals surface area contributed by atoms with Crippen molar-refractivity contribution in [3.8, 4) is 0 Å². The third-order valence-corrected chi connectivity index (χ3v) is 3.11. The van der Waals surface area contributed by atoms with Gasteiger partial charge in [-0.15, -0.1) is 0 Å². The molecule has 3 aliphatic rings. The van der Waals surface area contributed by atoms with Crippen LogP contribution in [0.5, 0.6) is 0 Å². The normalized spacial score (nSPS) is 45.2. The Bertz CT molecular complexity index is 214. The second-order valence-corrected chi connectivity index (χ2v) is 3.61. The highest BCUT2D eigenvalue weighted by Crippen LogP contribution is 2.46. The Morgan fingerprint density at radius 1 is 1.23 bits per heavy atom. The van der Waals surface area contributed by atoms with Crippen LogP contribution in [-0.2, 0) is 14.3 Å². The highest BCUT2D eigenvalue weighted by molar-refractivity contribution is 5.76. The van der Waals surface area contributed by atoms with Gasteiger partial charge in [0, 0.05) is 5.92 Å². The summed E-state index contributed by atoms with van der Waals surface area (Å²) in [5.74, 6) is 0.456. The van der Waals surface area contributed by atoms with Crippen LogP contribution in [0.2, 0.25) is 0 Å². The molecule has 0 saturated carbocycles. The Morgan fingerprint density at radius 2 is 1.92 bits per heavy atom. The van der Waals surface area contributed by atoms with Gasteiger partial charge in [0.1, 0.15) is 0 Å². The summed E-state index contributed by atoms with van der Waals surface area (Å²) in [6.45, 7) is 4.60. The summed E-state index contributed by atoms with van der Waals surface area (Å²) >= 11 is 0. The first kappa shape index (κ1) is 9.00. The second kappa shape index (κ2) is 3.29. The minimum atomic E-state index is -0.0257. The average molecular weight is 184 g/mol. The summed E-state index contributed by atoms with van der Waals surface area (Å²) in [6.07, 6.45) is 2.71. The van der Waals surface area contributed by atoms with Crippen LogP contribution in [0.4, 0.5) is 0 Å². The first-order valence-electron chi connectivity index (χ1n) is 5.18. The number of fused-ring (bicyclic) bond motifs is 5. The number of carbonyl (C=O) groups excluding carboxylic acids is 1. The van der Waals surface area contributed by atoms with Gasteiger partial charge in [0.25, 0.3) is 0 Å². The molecule has 0 aromatic heterocycles. The maximum Gasteiger partial charge on any atom is 0.312 e. The van der Waals surface area contributed by atoms with E-state index in [-0.39, 0.29) is 18.0 Å². The van der Waals surface area contributed by atoms with E-state index in [1.165, 1.54) is 0 Å². The first-order chi connectivity index (χ1) is 6.36. The van der Waals surface area contributed by atoms with Crippen LogP contribution in [-0.4, -0.2) is 24.8 Å². The maximum absolute atomic E-state index is 11.1. The van der Waals surface area contributed by atoms with Gasteiger partial charge < -0.3 is 9.47 Å². The lowest BCUT2D eigenvalue weighted by Gasteiger charge is -2.14. The van der Waals surface area contributed by atoms with Gasteiger partial charge in [0.05, 0.1) is 24.7 Å². The van der Waals surface area contributed by atoms with E-state index >= 15 is 0 Å². The van der Waals surface area contributed by atoms with Crippen molar-refractivity contribution in [2.75, 3.05) is 6.61 Å². The van der Waals surface area contributed by atoms with Crippen LogP contribution in [0.1, 0.15) is 26.7 Å². The van der Waals surface area contributed by atoms with Crippen LogP contribution in [0.3, 0.4) is 0 Å². The van der Waals surface area contributed by atoms with E-state index in [0.717, 1.165) is 12.8 Å². The van der Waals surface area contributed by atoms with Crippen LogP contribution >= 0.6 is 0 Å². The van der Waals surface area contributed by atoms with Gasteiger partial charge in [-0.05, 0) is 12.8 Å². The molecule has 2 bridgehead atoms. The van der Waals surface area contributed by atoms with Crippen molar-refractivity contribution in [3.63, 3.8) is 0 Å². The van der Waals surface area contributed by atoms with Gasteiger partial charge in [-0.25, -0.2) is 0 Å². The van der Waals surface area contributed by atoms with Gasteiger partial charge in [-0.1, -0.05) is 13.8 Å². The number of hydrogen-bond donors (Lipinski definition) is 0. The zero-order valence-electron chi connectivity index (χ0n) is 8.16. The molecule has 3 saturated heterocycles. The minimum Gasteiger partial charge on any atom is -0.465 e. The molecule has 4 unspecified atom stereocenters. The Balaban J connectivity index is 0.000000308. The fraction of sp³-hybridized carbons (Fsp3) is 0.900. The fourth-order valence-electron chi connectivity index (χ4n) is 2.59. The number of esters is 1. The molecule has 0 aliphatic carbocycles. The van der Waals surface area contributed by atoms with E-state index in [9.17, 15) is 4.79 Å². The molecule has 3 nitrogen and oxygen atoms in total. The molecule has 0 radical (unpaired) electrons. The van der Waals surface area contributed by atoms with E-state index in [1.807, 2.05) is 13.8 Å². The van der Waals surface area contributed by atoms with Crippen LogP contribution in [0.25, 0.3) is 0 Å². The first-order valence-corrected chi connectivity index (χ1v) is 5.18. The molecule has 0 aromatic rings. The SMILES string of the molecule is CC.O=C1OCC2C3CCC(O3)C12. The topological polar surface area (TPSA) is 35.5 Å². The molecule has 13 heavy (non-hydrogen) atoms. The van der Waals surface area contributed by atoms with Gasteiger partial charge in [0.2, 0.25) is 0 Å². The summed E-state index contributed by atoms with van der Waals surface area (Å²) in [5.41, 5.74) is 0. The third-order valence-electron chi connectivity index (χ3n) is 3.11. The Morgan fingerprint density at radius 3 is 2.62 bits per heavy atom. The van der Waals surface area contributed by atoms with E-state index in [0.29, 0.717) is 18.6 Å². The standard InChI is InChI=1S/C8H10O3.C2H6/c9-8-7-4(3-10-8)5-1-2-6(7)11-5;1-2/h4-7H,1-3H2;1-2H3. The van der Waals surface area contributed by atoms with Crippen LogP contribution in [0, 0.1) is 11.8 Å². The van der Waals surface area contributed by atoms with Crippen molar-refractivity contribution in [1.82, 2.24) is 0 Å². The zero-order valence-corrected chi connectivity index (χ0v) is 8.16. The lowest BCUT2D eigenvalue weighted by atomic mass is 9.81. The molecule has 0 amide bonds. The molecular weight excluding hydrogens is 168 g/mol. The number of carbonyl (C=O) groups is 1. The number of hydrogen-bond acceptors (Lipinski definition) is 3. The van der Waals surface area contributed by atoms with Crippen LogP contribution in [0.15, 0.2) is 0 Å². The Labute approximate surface area is 78.4 Å². The van der Waals surface area contributed by atoms with Crippen molar-refractivity contribution in [2.45, 2.75) is 38.9 Å². The molecule has 3 aliphatic heterocycles. The summed E-state index contributed by atoms with van der Waals surface area (Å²) < 4.78 is 10.6. The van der Waals surface area contributed by atoms with Crippen molar-refractivity contribution in [1.29, 1.82) is 0 Å². The molecule has 0 N–H and O–H groups in total. The van der Waals surface area contributed by atoms with Gasteiger partial charge in [-0.2, -0.15) is 0 Å². The molecule has 0 spiro atoms. The van der Waals surface area contributed by atoms with E-state index < -0.39 is 0 Å². The Hall–Kier alpha value is -0.570. The van der Waals surface area contributed by atoms with Crippen molar-refractivity contribution in [2.24, 2.45) is 11.8 Å². The van der Waals surface area contributed by atoms with Crippen molar-refractivity contribution >= 4 is 5.97 Å². The molecule has 0 aromatic carbocycles. The quantitative estimate of drug-likeness (QED) is 0.533. The molecule has 4 atom stereocenters. The maximum atomic E-state index is 11.1. The van der Waals surface area contributed by atoms with E-state index in [1.54, 1.807) is 0 Å². The summed E-state index contributed by atoms with van der Waals surface area (Å²) in [7, 11) is 0. The highest BCUT2D eigenvalue weighted by Gasteiger charge is 2.56. The smallest absolute Gasteiger partial charge is 0.312 e. The number of ether oxygens (including phenoxy) is 2. The zero-order chi connectivity index (χ0) is 9.42. The van der Waals surface area contributed by atoms with E-state index in [4.69, 9.17) is 9.47 Å². The molecule has 3 rings (SSSR count). The van der Waals surface area contributed by atoms with Gasteiger partial charge in [0.15, 0.2) is 0 Å². The lowest BCUT2D eigenvalue weighted by Crippen LogP contribution is -2.27. The predicted molar refractivity (Wildman–Crippen MR) is 47.2 cm³/mol. The van der Waals surface area contributed by atoms with E-state index in [2.05, 4.69) is 0 Å². The van der Waals surface area contributed by atoms with Crippen LogP contribution < -0.4 is 0 Å². The lowest BCUT2D eigenvalue weighted by molar-refractivity contribution is -0.143. The fourth-order valence-corrected chi connectivity index (χ4v) is 2.59. The number of cyclic esters (lactones) is 1. The van der Waals surface area contributed by atoms with Crippen molar-refractivity contribution < 1.29 is 14.3 Å². The Kier molecular flexibility index (Phi) is 2.28. The largest absolute Gasteiger partial charge is 0.465 e. The highest BCUT2D eigenvalue weighted by atomic mass is 16.6. The summed E-state index contributed by atoms with van der Waals surface area (Å²) in [6, 6.07) is 0. The average Bonchev–Trinajstić information content (AvgIpc) is 2.81. The molecule has 3 fully saturated rings. The van der Waals surface area contributed by atoms with Gasteiger partial charge >= 0.3 is 5.97 Å². The van der Waals surface area contributed by atoms with Crippen molar-refractivity contribution in [3.05, 3.63) is 0 Å². The molecule has 3 heterocycles. The minimum absolute atomic E-state index is 0.0257. The third kappa shape index (κ3) is 1.17. The summed E-state index contributed by atoms with van der Waals surface area (Å²) in [5, 5.41) is 0. The number of rotatable bonds is 0. The van der Waals surface area contributed by atoms with Gasteiger partial charge in [-0.3, -0.25) is 4.79 Å². The predicted octanol–water partition coefficient (Wildman–Crippen LogP) is 1.36.